The summed E-state index contributed by atoms with van der Waals surface area (Å²) in [6.45, 7) is 0.0229. The van der Waals surface area contributed by atoms with Gasteiger partial charge >= 0.3 is 5.97 Å². The molecule has 3 aliphatic rings. The molecule has 6 rings (SSSR count). The van der Waals surface area contributed by atoms with Gasteiger partial charge in [-0.2, -0.15) is 0 Å². The number of phenolic OH excluding ortho intramolecular Hbond substituents is 1. The van der Waals surface area contributed by atoms with Crippen LogP contribution in [-0.4, -0.2) is 36.8 Å². The van der Waals surface area contributed by atoms with Crippen LogP contribution in [0.25, 0.3) is 0 Å². The van der Waals surface area contributed by atoms with Crippen LogP contribution in [-0.2, 0) is 9.53 Å². The van der Waals surface area contributed by atoms with E-state index in [1.165, 1.54) is 31.4 Å². The third-order valence-electron chi connectivity index (χ3n) is 7.20. The van der Waals surface area contributed by atoms with Crippen LogP contribution < -0.4 is 19.5 Å². The summed E-state index contributed by atoms with van der Waals surface area (Å²) in [6, 6.07) is 15.0. The summed E-state index contributed by atoms with van der Waals surface area (Å²) in [4.78, 5) is 25.0. The van der Waals surface area contributed by atoms with Crippen LogP contribution in [0.3, 0.4) is 0 Å². The molecule has 1 aliphatic carbocycles. The van der Waals surface area contributed by atoms with Gasteiger partial charge in [-0.15, -0.1) is 0 Å². The number of amides is 1. The summed E-state index contributed by atoms with van der Waals surface area (Å²) in [5, 5.41) is 12.8. The number of hydrogen-bond acceptors (Lipinski definition) is 7. The van der Waals surface area contributed by atoms with E-state index in [4.69, 9.17) is 18.9 Å². The Kier molecular flexibility index (Phi) is 5.62. The van der Waals surface area contributed by atoms with Crippen molar-refractivity contribution in [1.82, 2.24) is 5.32 Å². The van der Waals surface area contributed by atoms with E-state index in [0.29, 0.717) is 39.5 Å². The second-order valence-corrected chi connectivity index (χ2v) is 9.48. The Bertz CT molecular complexity index is 1430. The number of rotatable bonds is 5. The van der Waals surface area contributed by atoms with Gasteiger partial charge in [-0.25, -0.2) is 13.6 Å². The predicted octanol–water partition coefficient (Wildman–Crippen LogP) is 4.64. The molecule has 1 amide bonds. The average Bonchev–Trinajstić information content (AvgIpc) is 3.23. The van der Waals surface area contributed by atoms with Gasteiger partial charge in [-0.1, -0.05) is 18.2 Å². The molecule has 8 nitrogen and oxygen atoms in total. The van der Waals surface area contributed by atoms with Crippen LogP contribution in [0.15, 0.2) is 60.7 Å². The molecule has 2 aliphatic heterocycles. The van der Waals surface area contributed by atoms with E-state index in [-0.39, 0.29) is 19.0 Å². The predicted molar refractivity (Wildman–Crippen MR) is 129 cm³/mol. The van der Waals surface area contributed by atoms with Gasteiger partial charge in [0.25, 0.3) is 5.92 Å². The quantitative estimate of drug-likeness (QED) is 0.470. The first kappa shape index (κ1) is 24.0. The number of methoxy groups -OCH3 is 1. The lowest BCUT2D eigenvalue weighted by Crippen LogP contribution is -2.35. The summed E-state index contributed by atoms with van der Waals surface area (Å²) in [5.74, 6) is -6.14. The molecule has 1 saturated carbocycles. The number of halogens is 2. The van der Waals surface area contributed by atoms with Crippen LogP contribution in [0.2, 0.25) is 0 Å². The Labute approximate surface area is 216 Å². The molecule has 3 aromatic carbocycles. The first-order valence-corrected chi connectivity index (χ1v) is 12.0. The van der Waals surface area contributed by atoms with Crippen molar-refractivity contribution in [2.24, 2.45) is 5.92 Å². The van der Waals surface area contributed by atoms with E-state index in [1.807, 2.05) is 0 Å². The number of fused-ring (bicyclic) bond motifs is 2. The number of carbonyl (C=O) groups excluding carboxylic acids is 2. The van der Waals surface area contributed by atoms with Crippen LogP contribution in [0.5, 0.6) is 23.0 Å². The maximum absolute atomic E-state index is 14.9. The second-order valence-electron chi connectivity index (χ2n) is 9.48. The molecule has 0 saturated heterocycles. The van der Waals surface area contributed by atoms with Gasteiger partial charge in [0.1, 0.15) is 23.5 Å². The van der Waals surface area contributed by atoms with Gasteiger partial charge in [-0.3, -0.25) is 4.79 Å². The maximum Gasteiger partial charge on any atom is 0.337 e. The Morgan fingerprint density at radius 3 is 2.47 bits per heavy atom. The first-order chi connectivity index (χ1) is 18.3. The van der Waals surface area contributed by atoms with Crippen molar-refractivity contribution >= 4 is 11.9 Å². The lowest BCUT2D eigenvalue weighted by atomic mass is 9.92. The van der Waals surface area contributed by atoms with Crippen LogP contribution in [0.4, 0.5) is 8.78 Å². The fourth-order valence-corrected chi connectivity index (χ4v) is 5.18. The highest BCUT2D eigenvalue weighted by Gasteiger charge is 2.72. The third-order valence-corrected chi connectivity index (χ3v) is 7.20. The number of nitrogens with one attached hydrogen (secondary N) is 1. The summed E-state index contributed by atoms with van der Waals surface area (Å²) in [7, 11) is 1.29. The molecule has 196 valence electrons. The number of ether oxygens (including phenoxy) is 4. The Hall–Kier alpha value is -4.34. The summed E-state index contributed by atoms with van der Waals surface area (Å²) in [5.41, 5.74) is 1.95. The molecule has 1 fully saturated rings. The van der Waals surface area contributed by atoms with E-state index >= 15 is 0 Å². The monoisotopic (exact) mass is 523 g/mol. The van der Waals surface area contributed by atoms with Crippen molar-refractivity contribution in [3.05, 3.63) is 82.9 Å². The number of aromatic hydroxyl groups is 1. The summed E-state index contributed by atoms with van der Waals surface area (Å²) >= 11 is 0. The highest BCUT2D eigenvalue weighted by molar-refractivity contribution is 5.89. The Morgan fingerprint density at radius 1 is 0.974 bits per heavy atom. The van der Waals surface area contributed by atoms with Crippen molar-refractivity contribution in [2.45, 2.75) is 30.4 Å². The van der Waals surface area contributed by atoms with Crippen molar-refractivity contribution in [1.29, 1.82) is 0 Å². The molecular weight excluding hydrogens is 500 g/mol. The second kappa shape index (κ2) is 8.90. The Morgan fingerprint density at radius 2 is 1.71 bits per heavy atom. The van der Waals surface area contributed by atoms with Gasteiger partial charge in [-0.05, 0) is 47.5 Å². The van der Waals surface area contributed by atoms with Crippen molar-refractivity contribution in [3.63, 3.8) is 0 Å². The Balaban J connectivity index is 1.24. The topological polar surface area (TPSA) is 103 Å². The van der Waals surface area contributed by atoms with E-state index in [9.17, 15) is 23.5 Å². The number of phenols is 1. The minimum Gasteiger partial charge on any atom is -0.508 e. The van der Waals surface area contributed by atoms with Crippen LogP contribution in [0, 0.1) is 5.92 Å². The van der Waals surface area contributed by atoms with Gasteiger partial charge in [0.05, 0.1) is 24.6 Å². The van der Waals surface area contributed by atoms with Gasteiger partial charge in [0, 0.05) is 18.1 Å². The minimum absolute atomic E-state index is 0.0229. The molecular formula is C28H23F2NO7. The molecule has 0 spiro atoms. The smallest absolute Gasteiger partial charge is 0.337 e. The van der Waals surface area contributed by atoms with Crippen LogP contribution in [0.1, 0.15) is 51.5 Å². The number of carbonyl (C=O) groups is 2. The molecule has 38 heavy (non-hydrogen) atoms. The zero-order chi connectivity index (χ0) is 26.6. The standard InChI is InChI=1S/C28H23F2NO7/c1-35-27(34)15-4-2-14(3-5-15)21-12-19(18-8-7-17(32)11-22(18)38-21)31-26(33)25-24(28(25,29)30)16-6-9-20-23(10-16)37-13-36-20/h2-11,19,21,24-25,32H,12-13H2,1H3,(H,31,33)/t19-,21-,24?,25?/m1/s1. The highest BCUT2D eigenvalue weighted by Crippen LogP contribution is 2.62. The van der Waals surface area contributed by atoms with E-state index < -0.39 is 41.8 Å². The largest absolute Gasteiger partial charge is 0.508 e. The lowest BCUT2D eigenvalue weighted by Gasteiger charge is -2.33. The first-order valence-electron chi connectivity index (χ1n) is 12.0. The number of benzene rings is 3. The molecule has 10 heteroatoms. The fraction of sp³-hybridized carbons (Fsp3) is 0.286. The number of hydrogen-bond donors (Lipinski definition) is 2. The fourth-order valence-electron chi connectivity index (χ4n) is 5.18. The third kappa shape index (κ3) is 4.06. The molecule has 0 aromatic heterocycles. The highest BCUT2D eigenvalue weighted by atomic mass is 19.3. The number of alkyl halides is 2. The van der Waals surface area contributed by atoms with E-state index in [1.54, 1.807) is 36.4 Å². The molecule has 3 aromatic rings. The molecule has 4 atom stereocenters. The normalized spacial score (nSPS) is 24.1. The summed E-state index contributed by atoms with van der Waals surface area (Å²) in [6.07, 6.45) is -0.306. The zero-order valence-electron chi connectivity index (χ0n) is 20.1. The van der Waals surface area contributed by atoms with E-state index in [0.717, 1.165) is 0 Å². The van der Waals surface area contributed by atoms with Crippen molar-refractivity contribution < 1.29 is 42.4 Å². The van der Waals surface area contributed by atoms with Crippen molar-refractivity contribution in [3.8, 4) is 23.0 Å². The van der Waals surface area contributed by atoms with Gasteiger partial charge in [0.2, 0.25) is 12.7 Å². The molecule has 2 unspecified atom stereocenters. The lowest BCUT2D eigenvalue weighted by molar-refractivity contribution is -0.125. The zero-order valence-corrected chi connectivity index (χ0v) is 20.1. The van der Waals surface area contributed by atoms with E-state index in [2.05, 4.69) is 5.32 Å². The van der Waals surface area contributed by atoms with Crippen LogP contribution >= 0.6 is 0 Å². The van der Waals surface area contributed by atoms with Gasteiger partial charge < -0.3 is 29.4 Å². The number of esters is 1. The minimum atomic E-state index is -3.22. The molecule has 0 radical (unpaired) electrons. The molecule has 0 bridgehead atoms. The van der Waals surface area contributed by atoms with Gasteiger partial charge in [0.15, 0.2) is 11.5 Å². The maximum atomic E-state index is 14.9. The molecule has 2 heterocycles. The average molecular weight is 523 g/mol. The van der Waals surface area contributed by atoms with Crippen molar-refractivity contribution in [2.75, 3.05) is 13.9 Å². The summed E-state index contributed by atoms with van der Waals surface area (Å²) < 4.78 is 51.2. The SMILES string of the molecule is COC(=O)c1ccc([C@H]2C[C@@H](NC(=O)C3C(c4ccc5c(c4)OCO5)C3(F)F)c3ccc(O)cc3O2)cc1. The molecule has 2 N–H and O–H groups in total.